The van der Waals surface area contributed by atoms with E-state index < -0.39 is 20.2 Å². The average Bonchev–Trinajstić information content (AvgIpc) is 1.98. The first-order valence-electron chi connectivity index (χ1n) is 30.0. The normalized spacial score (nSPS) is 17.0. The van der Waals surface area contributed by atoms with Crippen LogP contribution < -0.4 is 33.4 Å². The minimum absolute atomic E-state index is 0.0344. The zero-order valence-corrected chi connectivity index (χ0v) is 48.1. The second kappa shape index (κ2) is 25.4. The first-order valence-corrected chi connectivity index (χ1v) is 30.0. The Kier molecular flexibility index (Phi) is 17.3. The molecule has 17 nitrogen and oxygen atoms in total. The molecule has 0 aliphatic carbocycles. The van der Waals surface area contributed by atoms with E-state index in [9.17, 15) is 39.5 Å². The standard InChI is InChI=1S/C66H71B3N9O8/c70-33-39-3-1-5-45(23-39)42-11-17-76(18-12-42)64(79)52-10-9-51(55-31-63(69(85)86)74-38-56(52)55)50-26-41(35-72)25-48(27-50)44-15-19-77(20-16-44)65(80)58-37-73-36-57-54(58)28-49(29-60(57)68(83)84)47-7-8-53-59(67-82)32-62(75-61(53)30-47)66(81)78-21-13-43(14-22-78)46-6-2-4-40(24-46)34-71/h1-10,23-30,32,36-37,42-44,63,74,82-86H,11-22,31,33-35,38,70-72H2. The highest BCUT2D eigenvalue weighted by Gasteiger charge is 2.35. The van der Waals surface area contributed by atoms with E-state index in [0.717, 1.165) is 77.7 Å². The van der Waals surface area contributed by atoms with Gasteiger partial charge in [0.25, 0.3) is 17.7 Å². The maximum absolute atomic E-state index is 14.8. The molecule has 86 heavy (non-hydrogen) atoms. The number of nitrogens with zero attached hydrogens (tertiary/aromatic N) is 5. The topological polar surface area (TPSA) is 278 Å². The van der Waals surface area contributed by atoms with Crippen molar-refractivity contribution in [3.8, 4) is 22.3 Å². The number of piperidine rings is 3. The van der Waals surface area contributed by atoms with Crippen LogP contribution in [0.2, 0.25) is 0 Å². The summed E-state index contributed by atoms with van der Waals surface area (Å²) >= 11 is 0. The molecule has 2 aromatic heterocycles. The van der Waals surface area contributed by atoms with Gasteiger partial charge < -0.3 is 62.3 Å². The molecule has 8 aromatic rings. The van der Waals surface area contributed by atoms with Crippen molar-refractivity contribution >= 4 is 72.0 Å². The number of hydrogen-bond donors (Lipinski definition) is 9. The van der Waals surface area contributed by atoms with Gasteiger partial charge in [0.05, 0.1) is 11.1 Å². The third-order valence-corrected chi connectivity index (χ3v) is 18.6. The van der Waals surface area contributed by atoms with Crippen molar-refractivity contribution in [2.45, 2.75) is 94.8 Å². The van der Waals surface area contributed by atoms with Gasteiger partial charge in [-0.15, -0.1) is 0 Å². The van der Waals surface area contributed by atoms with E-state index in [-0.39, 0.29) is 41.3 Å². The number of carbonyl (C=O) groups is 3. The summed E-state index contributed by atoms with van der Waals surface area (Å²) in [4.78, 5) is 58.2. The molecular formula is C66H71B3N9O8. The number of likely N-dealkylation sites (tertiary alicyclic amines) is 3. The van der Waals surface area contributed by atoms with Gasteiger partial charge in [-0.2, -0.15) is 0 Å². The van der Waals surface area contributed by atoms with Crippen LogP contribution in [0.1, 0.15) is 132 Å². The summed E-state index contributed by atoms with van der Waals surface area (Å²) < 4.78 is 0. The largest absolute Gasteiger partial charge is 0.489 e. The predicted molar refractivity (Wildman–Crippen MR) is 337 cm³/mol. The van der Waals surface area contributed by atoms with Gasteiger partial charge >= 0.3 is 21.7 Å². The van der Waals surface area contributed by atoms with Crippen molar-refractivity contribution in [1.29, 1.82) is 0 Å². The molecule has 0 spiro atoms. The molecule has 4 aliphatic heterocycles. The lowest BCUT2D eigenvalue weighted by Gasteiger charge is -2.35. The number of carbonyl (C=O) groups excluding carboxylic acids is 3. The molecule has 6 heterocycles. The van der Waals surface area contributed by atoms with Gasteiger partial charge in [-0.1, -0.05) is 84.9 Å². The number of nitrogens with one attached hydrogen (secondary N) is 1. The van der Waals surface area contributed by atoms with E-state index in [1.54, 1.807) is 29.2 Å². The molecule has 6 aromatic carbocycles. The van der Waals surface area contributed by atoms with Crippen LogP contribution >= 0.6 is 0 Å². The number of fused-ring (bicyclic) bond motifs is 3. The van der Waals surface area contributed by atoms with Crippen molar-refractivity contribution in [1.82, 2.24) is 30.0 Å². The molecule has 0 bridgehead atoms. The highest BCUT2D eigenvalue weighted by atomic mass is 16.4. The summed E-state index contributed by atoms with van der Waals surface area (Å²) in [6.45, 7) is 4.74. The van der Waals surface area contributed by atoms with Crippen molar-refractivity contribution in [3.05, 3.63) is 189 Å². The minimum atomic E-state index is -1.90. The highest BCUT2D eigenvalue weighted by Crippen LogP contribution is 2.39. The number of hydrogen-bond acceptors (Lipinski definition) is 14. The number of benzene rings is 6. The van der Waals surface area contributed by atoms with E-state index in [2.05, 4.69) is 52.8 Å². The van der Waals surface area contributed by atoms with Crippen LogP contribution in [0.5, 0.6) is 0 Å². The highest BCUT2D eigenvalue weighted by molar-refractivity contribution is 6.62. The van der Waals surface area contributed by atoms with E-state index in [1.165, 1.54) is 23.5 Å². The van der Waals surface area contributed by atoms with Gasteiger partial charge in [-0.05, 0) is 181 Å². The van der Waals surface area contributed by atoms with Crippen LogP contribution in [0.3, 0.4) is 0 Å². The second-order valence-corrected chi connectivity index (χ2v) is 23.7. The fraction of sp³-hybridized carbons (Fsp3) is 0.318. The zero-order chi connectivity index (χ0) is 59.8. The molecule has 12 N–H and O–H groups in total. The SMILES string of the molecule is NCc1cccc(C2CCN(C(=O)c3cc([B]O)c4ccc(-c5cc(B(O)O)c6cncc(C(=O)N7CCC(c8cc(CN)cc(-c9ccc(C(=O)N%10CCC(c%11cccc(CN)c%11)CC%10)c%10c9CC(B(O)O)NC%10)c8)CC7)c6c5)cc4n3)CC2)c1. The number of amides is 3. The van der Waals surface area contributed by atoms with E-state index in [4.69, 9.17) is 22.2 Å². The molecule has 20 heteroatoms. The third kappa shape index (κ3) is 11.9. The molecule has 3 amide bonds. The number of nitrogens with two attached hydrogens (primary N) is 3. The lowest BCUT2D eigenvalue weighted by atomic mass is 9.71. The number of pyridine rings is 2. The average molecular weight is 1150 g/mol. The molecule has 437 valence electrons. The summed E-state index contributed by atoms with van der Waals surface area (Å²) in [5.41, 5.74) is 31.9. The second-order valence-electron chi connectivity index (χ2n) is 23.7. The lowest BCUT2D eigenvalue weighted by molar-refractivity contribution is 0.0701. The van der Waals surface area contributed by atoms with Gasteiger partial charge in [0.2, 0.25) is 0 Å². The van der Waals surface area contributed by atoms with E-state index in [0.29, 0.717) is 139 Å². The lowest BCUT2D eigenvalue weighted by Crippen LogP contribution is -2.48. The quantitative estimate of drug-likeness (QED) is 0.0679. The van der Waals surface area contributed by atoms with Crippen LogP contribution in [0, 0.1) is 0 Å². The van der Waals surface area contributed by atoms with Gasteiger partial charge in [-0.25, -0.2) is 4.98 Å². The molecule has 1 radical (unpaired) electrons. The summed E-state index contributed by atoms with van der Waals surface area (Å²) in [7, 11) is -2.53. The predicted octanol–water partition coefficient (Wildman–Crippen LogP) is 4.50. The van der Waals surface area contributed by atoms with Gasteiger partial charge in [-0.3, -0.25) is 19.4 Å². The molecule has 3 fully saturated rings. The smallest absolute Gasteiger partial charge is 0.450 e. The van der Waals surface area contributed by atoms with Gasteiger partial charge in [0, 0.05) is 94.7 Å². The molecule has 1 unspecified atom stereocenters. The summed E-state index contributed by atoms with van der Waals surface area (Å²) in [6, 6.07) is 37.5. The Balaban J connectivity index is 0.774. The molecule has 3 saturated heterocycles. The Morgan fingerprint density at radius 1 is 0.558 bits per heavy atom. The van der Waals surface area contributed by atoms with Crippen molar-refractivity contribution in [2.24, 2.45) is 17.2 Å². The molecular weight excluding hydrogens is 1080 g/mol. The fourth-order valence-electron chi connectivity index (χ4n) is 13.8. The monoisotopic (exact) mass is 1150 g/mol. The zero-order valence-electron chi connectivity index (χ0n) is 48.1. The Bertz CT molecular complexity index is 3880. The minimum Gasteiger partial charge on any atom is -0.450 e. The molecule has 4 aliphatic rings. The summed E-state index contributed by atoms with van der Waals surface area (Å²) in [5.74, 6) is -0.436. The fourth-order valence-corrected chi connectivity index (χ4v) is 13.8. The first kappa shape index (κ1) is 58.8. The molecule has 12 rings (SSSR count). The molecule has 1 atom stereocenters. The van der Waals surface area contributed by atoms with Crippen LogP contribution in [0.25, 0.3) is 43.9 Å². The van der Waals surface area contributed by atoms with Crippen LogP contribution in [-0.4, -0.2) is 134 Å². The van der Waals surface area contributed by atoms with E-state index >= 15 is 0 Å². The Hall–Kier alpha value is -7.62. The summed E-state index contributed by atoms with van der Waals surface area (Å²) in [6.07, 6.45) is 7.92. The van der Waals surface area contributed by atoms with E-state index in [1.807, 2.05) is 58.3 Å². The van der Waals surface area contributed by atoms with Gasteiger partial charge in [0.1, 0.15) is 5.69 Å². The number of aromatic nitrogens is 2. The van der Waals surface area contributed by atoms with Crippen molar-refractivity contribution in [2.75, 3.05) is 39.3 Å². The summed E-state index contributed by atoms with van der Waals surface area (Å²) in [5, 5.41) is 57.7. The number of rotatable bonds is 14. The van der Waals surface area contributed by atoms with Crippen molar-refractivity contribution < 1.29 is 39.5 Å². The van der Waals surface area contributed by atoms with Crippen LogP contribution in [-0.2, 0) is 32.6 Å². The maximum Gasteiger partial charge on any atom is 0.489 e. The van der Waals surface area contributed by atoms with Crippen molar-refractivity contribution in [3.63, 3.8) is 0 Å². The van der Waals surface area contributed by atoms with Crippen LogP contribution in [0.15, 0.2) is 128 Å². The van der Waals surface area contributed by atoms with Gasteiger partial charge in [0.15, 0.2) is 0 Å². The Morgan fingerprint density at radius 2 is 1.15 bits per heavy atom. The Labute approximate surface area is 501 Å². The third-order valence-electron chi connectivity index (χ3n) is 18.6. The molecule has 0 saturated carbocycles. The Morgan fingerprint density at radius 3 is 1.74 bits per heavy atom. The first-order chi connectivity index (χ1) is 41.8. The van der Waals surface area contributed by atoms with Crippen LogP contribution in [0.4, 0.5) is 0 Å². The maximum atomic E-state index is 14.8.